The average Bonchev–Trinajstić information content (AvgIpc) is 3.05. The zero-order valence-corrected chi connectivity index (χ0v) is 24.2. The lowest BCUT2D eigenvalue weighted by Crippen LogP contribution is -2.74. The van der Waals surface area contributed by atoms with E-state index in [0.717, 1.165) is 4.47 Å². The molecule has 0 aliphatic heterocycles. The fourth-order valence-corrected chi connectivity index (χ4v) is 5.73. The van der Waals surface area contributed by atoms with Gasteiger partial charge in [-0.2, -0.15) is 26.4 Å². The van der Waals surface area contributed by atoms with E-state index in [0.29, 0.717) is 12.1 Å². The number of carbonyl (C=O) groups excluding carboxylic acids is 1. The van der Waals surface area contributed by atoms with Gasteiger partial charge in [0.1, 0.15) is 6.15 Å². The summed E-state index contributed by atoms with van der Waals surface area (Å²) >= 11 is 3.34. The molecule has 0 aliphatic rings. The van der Waals surface area contributed by atoms with E-state index in [1.165, 1.54) is 21.9 Å². The monoisotopic (exact) mass is 596 g/mol. The largest absolute Gasteiger partial charge is 0.287 e. The Kier molecular flexibility index (Phi) is 9.30. The number of hydrogen-bond donors (Lipinski definition) is 0. The standard InChI is InChI=1S/C24H20B.C12H10BrN2O/c1-5-13-21(14-6-1)25(22-15-7-2-8-16-22,23-17-9-3-10-18-23)24-19-11-4-12-20-24;13-11-3-1-10(2-4-11)12(16)9-15-7-5-14-6-8-15/h1-20H;1-8H,9H2/q-1;+1. The summed E-state index contributed by atoms with van der Waals surface area (Å²) in [4.78, 5) is 15.8. The molecule has 0 amide bonds. The molecule has 0 saturated carbocycles. The number of Topliss-reactive ketones (excluding diaryl/α,β-unsaturated/α-hetero) is 1. The molecule has 0 atom stereocenters. The molecule has 0 saturated heterocycles. The molecular weight excluding hydrogens is 567 g/mol. The minimum absolute atomic E-state index is 0.0868. The van der Waals surface area contributed by atoms with Crippen molar-refractivity contribution >= 4 is 49.7 Å². The Bertz CT molecular complexity index is 1490. The minimum Gasteiger partial charge on any atom is -0.287 e. The van der Waals surface area contributed by atoms with E-state index in [1.807, 2.05) is 24.3 Å². The molecule has 0 radical (unpaired) electrons. The number of nitrogens with zero attached hydrogens (tertiary/aromatic N) is 2. The molecule has 0 unspecified atom stereocenters. The van der Waals surface area contributed by atoms with Crippen LogP contribution >= 0.6 is 15.9 Å². The zero-order valence-electron chi connectivity index (χ0n) is 22.6. The van der Waals surface area contributed by atoms with Crippen LogP contribution in [0.4, 0.5) is 0 Å². The minimum atomic E-state index is -1.22. The first-order valence-electron chi connectivity index (χ1n) is 13.6. The molecule has 200 valence electrons. The van der Waals surface area contributed by atoms with Crippen LogP contribution in [0.1, 0.15) is 10.4 Å². The SMILES string of the molecule is O=C(C[n+]1ccncc1)c1ccc(Br)cc1.c1ccc([B-](c2ccccc2)(c2ccccc2)c2ccccc2)cc1. The number of hydrogen-bond acceptors (Lipinski definition) is 2. The van der Waals surface area contributed by atoms with Gasteiger partial charge in [-0.15, -0.1) is 0 Å². The molecule has 0 fully saturated rings. The van der Waals surface area contributed by atoms with E-state index < -0.39 is 6.15 Å². The fraction of sp³-hybridized carbons (Fsp3) is 0.0278. The normalized spacial score (nSPS) is 10.8. The van der Waals surface area contributed by atoms with Gasteiger partial charge in [0.25, 0.3) is 0 Å². The van der Waals surface area contributed by atoms with Crippen molar-refractivity contribution in [2.45, 2.75) is 6.54 Å². The molecule has 6 aromatic rings. The summed E-state index contributed by atoms with van der Waals surface area (Å²) in [5.41, 5.74) is 6.07. The van der Waals surface area contributed by atoms with E-state index in [1.54, 1.807) is 29.4 Å². The third kappa shape index (κ3) is 6.59. The summed E-state index contributed by atoms with van der Waals surface area (Å²) in [7, 11) is 0. The molecule has 1 heterocycles. The lowest BCUT2D eigenvalue weighted by molar-refractivity contribution is -0.683. The van der Waals surface area contributed by atoms with Gasteiger partial charge in [-0.3, -0.25) is 9.78 Å². The van der Waals surface area contributed by atoms with Gasteiger partial charge < -0.3 is 0 Å². The van der Waals surface area contributed by atoms with Crippen molar-refractivity contribution in [3.8, 4) is 0 Å². The van der Waals surface area contributed by atoms with Gasteiger partial charge in [-0.05, 0) is 12.1 Å². The van der Waals surface area contributed by atoms with Crippen molar-refractivity contribution in [3.63, 3.8) is 0 Å². The Morgan fingerprint density at radius 3 is 1.29 bits per heavy atom. The van der Waals surface area contributed by atoms with Crippen LogP contribution in [0, 0.1) is 0 Å². The van der Waals surface area contributed by atoms with E-state index in [4.69, 9.17) is 0 Å². The van der Waals surface area contributed by atoms with Gasteiger partial charge in [0, 0.05) is 10.0 Å². The molecule has 6 rings (SSSR count). The van der Waals surface area contributed by atoms with Crippen molar-refractivity contribution in [3.05, 3.63) is 180 Å². The average molecular weight is 597 g/mol. The molecule has 1 aromatic heterocycles. The van der Waals surface area contributed by atoms with Crippen LogP contribution in [0.3, 0.4) is 0 Å². The summed E-state index contributed by atoms with van der Waals surface area (Å²) < 4.78 is 2.78. The van der Waals surface area contributed by atoms with Gasteiger partial charge in [-0.25, -0.2) is 0 Å². The van der Waals surface area contributed by atoms with E-state index in [2.05, 4.69) is 142 Å². The van der Waals surface area contributed by atoms with Crippen molar-refractivity contribution in [2.75, 3.05) is 0 Å². The first-order valence-corrected chi connectivity index (χ1v) is 14.4. The third-order valence-corrected chi connectivity index (χ3v) is 7.91. The zero-order chi connectivity index (χ0) is 28.3. The summed E-state index contributed by atoms with van der Waals surface area (Å²) in [6.07, 6.45) is 5.66. The van der Waals surface area contributed by atoms with Gasteiger partial charge in [0.05, 0.1) is 12.4 Å². The second kappa shape index (κ2) is 13.6. The Hall–Kier alpha value is -4.61. The molecule has 5 heteroatoms. The number of aromatic nitrogens is 2. The summed E-state index contributed by atoms with van der Waals surface area (Å²) in [5.74, 6) is 0.0868. The highest BCUT2D eigenvalue weighted by Gasteiger charge is 2.31. The second-order valence-electron chi connectivity index (χ2n) is 9.86. The van der Waals surface area contributed by atoms with Crippen LogP contribution in [0.15, 0.2) is 175 Å². The van der Waals surface area contributed by atoms with E-state index in [9.17, 15) is 4.79 Å². The maximum Gasteiger partial charge on any atom is 0.227 e. The van der Waals surface area contributed by atoms with Crippen molar-refractivity contribution in [1.29, 1.82) is 0 Å². The van der Waals surface area contributed by atoms with Crippen molar-refractivity contribution < 1.29 is 9.36 Å². The van der Waals surface area contributed by atoms with Crippen LogP contribution in [0.5, 0.6) is 0 Å². The third-order valence-electron chi connectivity index (χ3n) is 7.38. The molecule has 0 aliphatic carbocycles. The quantitative estimate of drug-likeness (QED) is 0.146. The summed E-state index contributed by atoms with van der Waals surface area (Å²) in [6.45, 7) is 0.337. The highest BCUT2D eigenvalue weighted by atomic mass is 79.9. The molecule has 5 aromatic carbocycles. The maximum atomic E-state index is 11.9. The highest BCUT2D eigenvalue weighted by Crippen LogP contribution is 2.11. The van der Waals surface area contributed by atoms with Gasteiger partial charge in [0.2, 0.25) is 12.3 Å². The topological polar surface area (TPSA) is 33.8 Å². The highest BCUT2D eigenvalue weighted by molar-refractivity contribution is 9.10. The predicted molar refractivity (Wildman–Crippen MR) is 173 cm³/mol. The number of rotatable bonds is 7. The van der Waals surface area contributed by atoms with Crippen molar-refractivity contribution in [2.24, 2.45) is 0 Å². The Labute approximate surface area is 250 Å². The van der Waals surface area contributed by atoms with Crippen LogP contribution in [-0.2, 0) is 6.54 Å². The Morgan fingerprint density at radius 2 is 0.927 bits per heavy atom. The van der Waals surface area contributed by atoms with Gasteiger partial charge in [-0.1, -0.05) is 149 Å². The van der Waals surface area contributed by atoms with E-state index in [-0.39, 0.29) is 5.78 Å². The van der Waals surface area contributed by atoms with Crippen LogP contribution < -0.4 is 26.4 Å². The van der Waals surface area contributed by atoms with Crippen LogP contribution in [0.2, 0.25) is 0 Å². The second-order valence-corrected chi connectivity index (χ2v) is 10.8. The molecular formula is C36H30BBrN2O. The fourth-order valence-electron chi connectivity index (χ4n) is 5.47. The Balaban J connectivity index is 0.000000182. The predicted octanol–water partition coefficient (Wildman–Crippen LogP) is 5.08. The number of carbonyl (C=O) groups is 1. The molecule has 3 nitrogen and oxygen atoms in total. The summed E-state index contributed by atoms with van der Waals surface area (Å²) in [6, 6.07) is 50.9. The van der Waals surface area contributed by atoms with E-state index >= 15 is 0 Å². The molecule has 41 heavy (non-hydrogen) atoms. The number of halogens is 1. The van der Waals surface area contributed by atoms with Crippen LogP contribution in [0.25, 0.3) is 0 Å². The van der Waals surface area contributed by atoms with Gasteiger partial charge in [0.15, 0.2) is 12.4 Å². The van der Waals surface area contributed by atoms with Crippen LogP contribution in [-0.4, -0.2) is 16.9 Å². The Morgan fingerprint density at radius 1 is 0.561 bits per heavy atom. The lowest BCUT2D eigenvalue weighted by Gasteiger charge is -2.44. The smallest absolute Gasteiger partial charge is 0.227 e. The molecule has 0 N–H and O–H groups in total. The number of benzene rings is 5. The summed E-state index contributed by atoms with van der Waals surface area (Å²) in [5, 5.41) is 0. The first-order chi connectivity index (χ1) is 20.2. The van der Waals surface area contributed by atoms with Crippen molar-refractivity contribution in [1.82, 2.24) is 4.98 Å². The van der Waals surface area contributed by atoms with Gasteiger partial charge >= 0.3 is 0 Å². The first kappa shape index (κ1) is 27.9. The number of ketones is 1. The lowest BCUT2D eigenvalue weighted by atomic mass is 9.13. The maximum absolute atomic E-state index is 11.9. The molecule has 0 bridgehead atoms. The molecule has 0 spiro atoms.